The summed E-state index contributed by atoms with van der Waals surface area (Å²) in [6, 6.07) is 7.00. The highest BCUT2D eigenvalue weighted by molar-refractivity contribution is 5.20. The highest BCUT2D eigenvalue weighted by Crippen LogP contribution is 2.37. The van der Waals surface area contributed by atoms with Crippen LogP contribution in [0.3, 0.4) is 0 Å². The van der Waals surface area contributed by atoms with Crippen LogP contribution in [0.5, 0.6) is 0 Å². The maximum atomic E-state index is 13.7. The maximum Gasteiger partial charge on any atom is 0.126 e. The number of halogens is 1. The van der Waals surface area contributed by atoms with E-state index in [1.165, 1.54) is 6.07 Å². The monoisotopic (exact) mass is 235 g/mol. The highest BCUT2D eigenvalue weighted by atomic mass is 19.1. The van der Waals surface area contributed by atoms with E-state index in [9.17, 15) is 4.39 Å². The van der Waals surface area contributed by atoms with E-state index < -0.39 is 0 Å². The maximum absolute atomic E-state index is 13.7. The average molecular weight is 235 g/mol. The first-order valence-electron chi connectivity index (χ1n) is 6.53. The summed E-state index contributed by atoms with van der Waals surface area (Å²) < 4.78 is 13.7. The average Bonchev–Trinajstić information content (AvgIpc) is 2.28. The fourth-order valence-corrected chi connectivity index (χ4v) is 2.98. The molecule has 2 rings (SSSR count). The Morgan fingerprint density at radius 2 is 2.06 bits per heavy atom. The molecule has 0 radical (unpaired) electrons. The van der Waals surface area contributed by atoms with Gasteiger partial charge in [-0.3, -0.25) is 0 Å². The van der Waals surface area contributed by atoms with Gasteiger partial charge in [-0.2, -0.15) is 0 Å². The van der Waals surface area contributed by atoms with E-state index >= 15 is 0 Å². The van der Waals surface area contributed by atoms with Crippen molar-refractivity contribution >= 4 is 0 Å². The molecular weight excluding hydrogens is 213 g/mol. The topological polar surface area (TPSA) is 26.0 Å². The van der Waals surface area contributed by atoms with Gasteiger partial charge in [0.15, 0.2) is 0 Å². The molecule has 1 aromatic rings. The van der Waals surface area contributed by atoms with Gasteiger partial charge in [-0.15, -0.1) is 0 Å². The third-order valence-corrected chi connectivity index (χ3v) is 4.32. The van der Waals surface area contributed by atoms with E-state index in [-0.39, 0.29) is 11.4 Å². The molecule has 1 fully saturated rings. The largest absolute Gasteiger partial charge is 0.325 e. The van der Waals surface area contributed by atoms with Crippen LogP contribution in [0.25, 0.3) is 0 Å². The standard InChI is InChI=1S/C15H22FN/c1-11-7-8-15(17,12(2)9-11)10-13-5-3-4-6-14(13)16/h3-6,11-12H,7-10,17H2,1-2H3. The van der Waals surface area contributed by atoms with Crippen molar-refractivity contribution in [1.82, 2.24) is 0 Å². The lowest BCUT2D eigenvalue weighted by molar-refractivity contribution is 0.162. The predicted molar refractivity (Wildman–Crippen MR) is 69.2 cm³/mol. The van der Waals surface area contributed by atoms with Crippen LogP contribution in [-0.2, 0) is 6.42 Å². The molecule has 0 amide bonds. The minimum absolute atomic E-state index is 0.122. The Hall–Kier alpha value is -0.890. The predicted octanol–water partition coefficient (Wildman–Crippen LogP) is 3.52. The van der Waals surface area contributed by atoms with Crippen LogP contribution in [0, 0.1) is 17.7 Å². The van der Waals surface area contributed by atoms with E-state index in [1.54, 1.807) is 6.07 Å². The van der Waals surface area contributed by atoms with Gasteiger partial charge in [0.25, 0.3) is 0 Å². The lowest BCUT2D eigenvalue weighted by Crippen LogP contribution is -2.51. The van der Waals surface area contributed by atoms with Crippen LogP contribution in [0.4, 0.5) is 4.39 Å². The molecule has 1 aromatic carbocycles. The molecule has 0 aromatic heterocycles. The summed E-state index contributed by atoms with van der Waals surface area (Å²) in [5.74, 6) is 1.09. The highest BCUT2D eigenvalue weighted by Gasteiger charge is 2.37. The van der Waals surface area contributed by atoms with Gasteiger partial charge in [0.2, 0.25) is 0 Å². The normalized spacial score (nSPS) is 33.6. The van der Waals surface area contributed by atoms with Crippen molar-refractivity contribution in [3.63, 3.8) is 0 Å². The minimum atomic E-state index is -0.227. The molecule has 1 aliphatic carbocycles. The minimum Gasteiger partial charge on any atom is -0.325 e. The molecule has 2 N–H and O–H groups in total. The Kier molecular flexibility index (Phi) is 3.53. The van der Waals surface area contributed by atoms with E-state index in [2.05, 4.69) is 13.8 Å². The van der Waals surface area contributed by atoms with Crippen molar-refractivity contribution in [3.8, 4) is 0 Å². The Balaban J connectivity index is 2.15. The lowest BCUT2D eigenvalue weighted by atomic mass is 9.68. The zero-order chi connectivity index (χ0) is 12.5. The number of hydrogen-bond donors (Lipinski definition) is 1. The Labute approximate surface area is 103 Å². The second-order valence-corrected chi connectivity index (χ2v) is 5.78. The van der Waals surface area contributed by atoms with Gasteiger partial charge < -0.3 is 5.73 Å². The summed E-state index contributed by atoms with van der Waals surface area (Å²) in [6.07, 6.45) is 3.98. The van der Waals surface area contributed by atoms with Gasteiger partial charge in [-0.1, -0.05) is 32.0 Å². The molecular formula is C15H22FN. The smallest absolute Gasteiger partial charge is 0.126 e. The molecule has 3 unspecified atom stereocenters. The first-order valence-corrected chi connectivity index (χ1v) is 6.53. The first-order chi connectivity index (χ1) is 8.01. The molecule has 1 saturated carbocycles. The van der Waals surface area contributed by atoms with Crippen LogP contribution >= 0.6 is 0 Å². The Morgan fingerprint density at radius 1 is 1.35 bits per heavy atom. The van der Waals surface area contributed by atoms with Gasteiger partial charge >= 0.3 is 0 Å². The third-order valence-electron chi connectivity index (χ3n) is 4.32. The fraction of sp³-hybridized carbons (Fsp3) is 0.600. The van der Waals surface area contributed by atoms with Crippen molar-refractivity contribution in [1.29, 1.82) is 0 Å². The third kappa shape index (κ3) is 2.68. The molecule has 2 heteroatoms. The van der Waals surface area contributed by atoms with Crippen LogP contribution in [0.1, 0.15) is 38.7 Å². The fourth-order valence-electron chi connectivity index (χ4n) is 2.98. The van der Waals surface area contributed by atoms with Crippen molar-refractivity contribution in [2.75, 3.05) is 0 Å². The van der Waals surface area contributed by atoms with Gasteiger partial charge in [0.1, 0.15) is 5.82 Å². The van der Waals surface area contributed by atoms with Crippen molar-refractivity contribution in [2.45, 2.75) is 45.1 Å². The van der Waals surface area contributed by atoms with Gasteiger partial charge in [0, 0.05) is 5.54 Å². The second kappa shape index (κ2) is 4.77. The number of nitrogens with two attached hydrogens (primary N) is 1. The van der Waals surface area contributed by atoms with Crippen molar-refractivity contribution in [2.24, 2.45) is 17.6 Å². The van der Waals surface area contributed by atoms with Gasteiger partial charge in [0.05, 0.1) is 0 Å². The summed E-state index contributed by atoms with van der Waals surface area (Å²) in [7, 11) is 0. The summed E-state index contributed by atoms with van der Waals surface area (Å²) in [5, 5.41) is 0. The van der Waals surface area contributed by atoms with Crippen LogP contribution < -0.4 is 5.73 Å². The quantitative estimate of drug-likeness (QED) is 0.834. The van der Waals surface area contributed by atoms with Crippen molar-refractivity contribution in [3.05, 3.63) is 35.6 Å². The van der Waals surface area contributed by atoms with Crippen LogP contribution in [-0.4, -0.2) is 5.54 Å². The molecule has 0 saturated heterocycles. The summed E-state index contributed by atoms with van der Waals surface area (Å²) >= 11 is 0. The van der Waals surface area contributed by atoms with Crippen LogP contribution in [0.15, 0.2) is 24.3 Å². The summed E-state index contributed by atoms with van der Waals surface area (Å²) in [5.41, 5.74) is 7.03. The first kappa shape index (κ1) is 12.6. The molecule has 0 spiro atoms. The molecule has 0 bridgehead atoms. The zero-order valence-corrected chi connectivity index (χ0v) is 10.7. The number of rotatable bonds is 2. The Bertz CT molecular complexity index is 390. The van der Waals surface area contributed by atoms with E-state index in [4.69, 9.17) is 5.73 Å². The van der Waals surface area contributed by atoms with Crippen LogP contribution in [0.2, 0.25) is 0 Å². The molecule has 17 heavy (non-hydrogen) atoms. The molecule has 0 aliphatic heterocycles. The molecule has 1 aliphatic rings. The molecule has 0 heterocycles. The van der Waals surface area contributed by atoms with E-state index in [1.807, 2.05) is 12.1 Å². The van der Waals surface area contributed by atoms with Crippen molar-refractivity contribution < 1.29 is 4.39 Å². The number of benzene rings is 1. The molecule has 1 nitrogen and oxygen atoms in total. The zero-order valence-electron chi connectivity index (χ0n) is 10.7. The van der Waals surface area contributed by atoms with Gasteiger partial charge in [-0.05, 0) is 49.1 Å². The second-order valence-electron chi connectivity index (χ2n) is 5.78. The lowest BCUT2D eigenvalue weighted by Gasteiger charge is -2.42. The van der Waals surface area contributed by atoms with Gasteiger partial charge in [-0.25, -0.2) is 4.39 Å². The molecule has 3 atom stereocenters. The number of hydrogen-bond acceptors (Lipinski definition) is 1. The SMILES string of the molecule is CC1CCC(N)(Cc2ccccc2F)C(C)C1. The summed E-state index contributed by atoms with van der Waals surface area (Å²) in [6.45, 7) is 4.48. The van der Waals surface area contributed by atoms with E-state index in [0.29, 0.717) is 12.3 Å². The summed E-state index contributed by atoms with van der Waals surface area (Å²) in [4.78, 5) is 0. The molecule has 94 valence electrons. The Morgan fingerprint density at radius 3 is 2.71 bits per heavy atom. The van der Waals surface area contributed by atoms with E-state index in [0.717, 1.165) is 30.7 Å².